The molecule has 7 nitrogen and oxygen atoms in total. The maximum Gasteiger partial charge on any atom is 0.307 e. The number of hydrogen-bond acceptors (Lipinski definition) is 6. The Labute approximate surface area is 261 Å². The van der Waals surface area contributed by atoms with Crippen molar-refractivity contribution in [1.29, 1.82) is 0 Å². The van der Waals surface area contributed by atoms with E-state index in [-0.39, 0.29) is 45.1 Å². The molecule has 1 unspecified atom stereocenters. The van der Waals surface area contributed by atoms with Gasteiger partial charge in [0, 0.05) is 22.4 Å². The van der Waals surface area contributed by atoms with E-state index in [0.717, 1.165) is 38.5 Å². The number of carboxylic acid groups (broad SMARTS) is 1. The first-order chi connectivity index (χ1) is 19.9. The van der Waals surface area contributed by atoms with Crippen LogP contribution in [0.4, 0.5) is 0 Å². The number of fused-ring (bicyclic) bond motifs is 3. The van der Waals surface area contributed by atoms with Crippen LogP contribution in [-0.4, -0.2) is 48.6 Å². The number of carboxylic acids is 1. The molecule has 246 valence electrons. The molecule has 4 fully saturated rings. The molecule has 0 aromatic heterocycles. The summed E-state index contributed by atoms with van der Waals surface area (Å²) in [4.78, 5) is 13.3. The number of aliphatic carboxylic acids is 1. The monoisotopic (exact) mass is 601 g/mol. The first kappa shape index (κ1) is 33.4. The summed E-state index contributed by atoms with van der Waals surface area (Å²) in [5.41, 5.74) is 10.0. The second-order valence-corrected chi connectivity index (χ2v) is 17.7. The zero-order valence-electron chi connectivity index (χ0n) is 28.9. The number of nitrogens with one attached hydrogen (secondary N) is 1. The zero-order valence-corrected chi connectivity index (χ0v) is 28.9. The van der Waals surface area contributed by atoms with Gasteiger partial charge in [0.25, 0.3) is 0 Å². The van der Waals surface area contributed by atoms with E-state index in [1.807, 2.05) is 0 Å². The maximum absolute atomic E-state index is 13.3. The molecule has 1 aliphatic heterocycles. The Kier molecular flexibility index (Phi) is 8.37. The first-order valence-electron chi connectivity index (χ1n) is 17.2. The lowest BCUT2D eigenvalue weighted by atomic mass is 9.34. The third-order valence-corrected chi connectivity index (χ3v) is 15.2. The summed E-state index contributed by atoms with van der Waals surface area (Å²) in [6, 6.07) is -0.0119. The molecule has 0 aromatic carbocycles. The minimum Gasteiger partial charge on any atom is -0.481 e. The summed E-state index contributed by atoms with van der Waals surface area (Å²) in [7, 11) is 0. The van der Waals surface area contributed by atoms with Crippen molar-refractivity contribution in [1.82, 2.24) is 5.43 Å². The first-order valence-corrected chi connectivity index (χ1v) is 17.2. The Morgan fingerprint density at radius 1 is 1.12 bits per heavy atom. The number of hydrazine groups is 1. The Bertz CT molecular complexity index is 1120. The molecule has 0 radical (unpaired) electrons. The average molecular weight is 602 g/mol. The topological polar surface area (TPSA) is 120 Å². The molecule has 7 heteroatoms. The smallest absolute Gasteiger partial charge is 0.307 e. The number of ether oxygens (including phenoxy) is 2. The van der Waals surface area contributed by atoms with Gasteiger partial charge in [0.1, 0.15) is 0 Å². The highest BCUT2D eigenvalue weighted by molar-refractivity contribution is 5.73. The van der Waals surface area contributed by atoms with Gasteiger partial charge in [-0.25, -0.2) is 0 Å². The molecular formula is C36H63N3O4. The van der Waals surface area contributed by atoms with Gasteiger partial charge in [-0.3, -0.25) is 16.1 Å². The molecule has 1 saturated heterocycles. The van der Waals surface area contributed by atoms with Gasteiger partial charge in [-0.2, -0.15) is 0 Å². The van der Waals surface area contributed by atoms with Gasteiger partial charge in [0.2, 0.25) is 0 Å². The quantitative estimate of drug-likeness (QED) is 0.149. The number of allylic oxidation sites excluding steroid dienone is 1. The van der Waals surface area contributed by atoms with Crippen molar-refractivity contribution >= 4 is 5.97 Å². The van der Waals surface area contributed by atoms with E-state index in [2.05, 4.69) is 80.7 Å². The largest absolute Gasteiger partial charge is 0.481 e. The lowest BCUT2D eigenvalue weighted by Crippen LogP contribution is -2.72. The molecule has 0 spiro atoms. The average Bonchev–Trinajstić information content (AvgIpc) is 2.91. The van der Waals surface area contributed by atoms with Crippen molar-refractivity contribution in [3.8, 4) is 0 Å². The van der Waals surface area contributed by atoms with Gasteiger partial charge in [0.15, 0.2) is 0 Å². The third-order valence-electron chi connectivity index (χ3n) is 15.2. The van der Waals surface area contributed by atoms with Crippen LogP contribution in [-0.2, 0) is 14.3 Å². The Balaban J connectivity index is 1.55. The summed E-state index contributed by atoms with van der Waals surface area (Å²) in [6.45, 7) is 24.4. The maximum atomic E-state index is 13.3. The normalized spacial score (nSPS) is 48.0. The molecule has 1 heterocycles. The number of hydrogen-bond donors (Lipinski definition) is 4. The number of carbonyl (C=O) groups is 1. The van der Waals surface area contributed by atoms with Crippen LogP contribution in [0.15, 0.2) is 11.6 Å². The summed E-state index contributed by atoms with van der Waals surface area (Å²) in [6.07, 6.45) is 8.30. The van der Waals surface area contributed by atoms with Gasteiger partial charge in [-0.1, -0.05) is 74.0 Å². The Morgan fingerprint density at radius 2 is 1.79 bits per heavy atom. The summed E-state index contributed by atoms with van der Waals surface area (Å²) < 4.78 is 13.4. The van der Waals surface area contributed by atoms with E-state index in [1.54, 1.807) is 0 Å². The highest BCUT2D eigenvalue weighted by Gasteiger charge is 2.71. The van der Waals surface area contributed by atoms with Crippen LogP contribution in [0.1, 0.15) is 108 Å². The Hall–Kier alpha value is -0.990. The van der Waals surface area contributed by atoms with Crippen molar-refractivity contribution in [2.75, 3.05) is 19.8 Å². The van der Waals surface area contributed by atoms with E-state index in [9.17, 15) is 9.90 Å². The highest BCUT2D eigenvalue weighted by Crippen LogP contribution is 2.74. The molecule has 5 aliphatic rings. The SMILES string of the molecule is CC(C)[C@@H](C)[C@@]1(C)CC[C@]2(C)[C@H]3CC[C@H]4C5(C)COC[C@@]4(C[C@@H](NN)[C@@H]5OC[C@](C)(N)C(C)C)C3=CC[C@@]2(C)[C@@H]1C(=O)O. The van der Waals surface area contributed by atoms with Gasteiger partial charge in [-0.05, 0) is 91.3 Å². The molecule has 2 bridgehead atoms. The fourth-order valence-electron chi connectivity index (χ4n) is 11.5. The Morgan fingerprint density at radius 3 is 2.37 bits per heavy atom. The van der Waals surface area contributed by atoms with Crippen molar-refractivity contribution < 1.29 is 19.4 Å². The van der Waals surface area contributed by atoms with Crippen molar-refractivity contribution in [3.63, 3.8) is 0 Å². The number of rotatable bonds is 8. The fraction of sp³-hybridized carbons (Fsp3) is 0.917. The summed E-state index contributed by atoms with van der Waals surface area (Å²) in [5.74, 6) is 7.18. The molecule has 12 atom stereocenters. The van der Waals surface area contributed by atoms with E-state index < -0.39 is 11.5 Å². The molecule has 4 aliphatic carbocycles. The fourth-order valence-corrected chi connectivity index (χ4v) is 11.5. The standard InChI is InChI=1S/C36H63N3O4/c1-21(2)23(5)31(6)15-16-33(8)24-11-12-27-32(7)18-42-20-36(27,25(24)13-14-34(33,9)28(31)30(40)41)17-26(39-38)29(32)43-19-35(10,37)22(3)4/h13,21-24,26-29,39H,11-12,14-20,37-38H2,1-10H3,(H,40,41)/t23-,24+,26-,27+,28-,29+,31-,32?,33-,34+,35+,36+/m1/s1. The molecule has 3 saturated carbocycles. The van der Waals surface area contributed by atoms with Crippen molar-refractivity contribution in [2.24, 2.45) is 74.2 Å². The van der Waals surface area contributed by atoms with Crippen LogP contribution in [0.3, 0.4) is 0 Å². The predicted molar refractivity (Wildman–Crippen MR) is 172 cm³/mol. The summed E-state index contributed by atoms with van der Waals surface area (Å²) in [5, 5.41) is 10.9. The molecule has 6 N–H and O–H groups in total. The van der Waals surface area contributed by atoms with Gasteiger partial charge in [0.05, 0.1) is 31.8 Å². The minimum atomic E-state index is -0.612. The van der Waals surface area contributed by atoms with Crippen LogP contribution < -0.4 is 17.0 Å². The van der Waals surface area contributed by atoms with E-state index in [4.69, 9.17) is 21.1 Å². The zero-order chi connectivity index (χ0) is 32.0. The number of nitrogens with two attached hydrogens (primary N) is 2. The van der Waals surface area contributed by atoms with Crippen LogP contribution in [0.25, 0.3) is 0 Å². The van der Waals surface area contributed by atoms with E-state index in [1.165, 1.54) is 5.57 Å². The minimum absolute atomic E-state index is 0.0119. The molecular weight excluding hydrogens is 538 g/mol. The van der Waals surface area contributed by atoms with Crippen LogP contribution in [0.5, 0.6) is 0 Å². The highest BCUT2D eigenvalue weighted by atomic mass is 16.5. The molecule has 5 rings (SSSR count). The van der Waals surface area contributed by atoms with Gasteiger partial charge in [-0.15, -0.1) is 0 Å². The predicted octanol–water partition coefficient (Wildman–Crippen LogP) is 6.17. The van der Waals surface area contributed by atoms with Crippen LogP contribution in [0, 0.1) is 62.6 Å². The van der Waals surface area contributed by atoms with E-state index in [0.29, 0.717) is 49.4 Å². The third kappa shape index (κ3) is 4.56. The second-order valence-electron chi connectivity index (χ2n) is 17.7. The second kappa shape index (κ2) is 10.8. The van der Waals surface area contributed by atoms with Crippen molar-refractivity contribution in [3.05, 3.63) is 11.6 Å². The van der Waals surface area contributed by atoms with Gasteiger partial charge < -0.3 is 20.3 Å². The van der Waals surface area contributed by atoms with Crippen molar-refractivity contribution in [2.45, 2.75) is 125 Å². The van der Waals surface area contributed by atoms with E-state index >= 15 is 0 Å². The molecule has 0 aromatic rings. The van der Waals surface area contributed by atoms with Crippen LogP contribution >= 0.6 is 0 Å². The lowest BCUT2D eigenvalue weighted by molar-refractivity contribution is -0.246. The summed E-state index contributed by atoms with van der Waals surface area (Å²) >= 11 is 0. The van der Waals surface area contributed by atoms with Crippen LogP contribution in [0.2, 0.25) is 0 Å². The van der Waals surface area contributed by atoms with Gasteiger partial charge >= 0.3 is 5.97 Å². The lowest BCUT2D eigenvalue weighted by Gasteiger charge is -2.71. The molecule has 43 heavy (non-hydrogen) atoms. The molecule has 0 amide bonds.